The van der Waals surface area contributed by atoms with Crippen LogP contribution in [0.5, 0.6) is 0 Å². The highest BCUT2D eigenvalue weighted by Gasteiger charge is 2.23. The zero-order valence-corrected chi connectivity index (χ0v) is 14.6. The van der Waals surface area contributed by atoms with Gasteiger partial charge in [0.2, 0.25) is 5.91 Å². The molecule has 0 unspecified atom stereocenters. The smallest absolute Gasteiger partial charge is 0.272 e. The summed E-state index contributed by atoms with van der Waals surface area (Å²) in [6.45, 7) is 5.73. The molecule has 0 radical (unpaired) electrons. The number of rotatable bonds is 4. The maximum Gasteiger partial charge on any atom is 0.272 e. The third-order valence-electron chi connectivity index (χ3n) is 4.51. The van der Waals surface area contributed by atoms with Gasteiger partial charge in [-0.15, -0.1) is 0 Å². The quantitative estimate of drug-likeness (QED) is 0.839. The van der Waals surface area contributed by atoms with Crippen molar-refractivity contribution in [1.82, 2.24) is 4.98 Å². The third kappa shape index (κ3) is 3.20. The number of aromatic nitrogens is 1. The van der Waals surface area contributed by atoms with Gasteiger partial charge in [0.15, 0.2) is 5.78 Å². The summed E-state index contributed by atoms with van der Waals surface area (Å²) in [6.07, 6.45) is 1.41. The van der Waals surface area contributed by atoms with E-state index in [1.807, 2.05) is 12.1 Å². The van der Waals surface area contributed by atoms with Crippen molar-refractivity contribution in [2.75, 3.05) is 16.8 Å². The van der Waals surface area contributed by atoms with Crippen LogP contribution in [0.15, 0.2) is 24.3 Å². The lowest BCUT2D eigenvalue weighted by Gasteiger charge is -2.16. The van der Waals surface area contributed by atoms with Gasteiger partial charge in [0.1, 0.15) is 5.69 Å². The van der Waals surface area contributed by atoms with Crippen LogP contribution in [-0.4, -0.2) is 29.1 Å². The molecule has 1 aromatic carbocycles. The molecule has 1 saturated heterocycles. The second-order valence-electron chi connectivity index (χ2n) is 6.33. The summed E-state index contributed by atoms with van der Waals surface area (Å²) in [7, 11) is 0. The predicted molar refractivity (Wildman–Crippen MR) is 96.3 cm³/mol. The number of carbonyl (C=O) groups excluding carboxylic acids is 3. The average molecular weight is 339 g/mol. The second-order valence-corrected chi connectivity index (χ2v) is 6.33. The Morgan fingerprint density at radius 1 is 1.24 bits per heavy atom. The molecule has 1 aliphatic heterocycles. The van der Waals surface area contributed by atoms with Crippen LogP contribution in [0.3, 0.4) is 0 Å². The van der Waals surface area contributed by atoms with Crippen molar-refractivity contribution in [3.8, 4) is 0 Å². The molecule has 1 aliphatic rings. The standard InChI is InChI=1S/C19H21N3O3/c1-11-17(13(3)23)12(2)20-18(11)19(25)21-14-6-4-7-15(10-14)22-9-5-8-16(22)24/h4,6-7,10,20H,5,8-9H2,1-3H3,(H,21,25). The Labute approximate surface area is 146 Å². The van der Waals surface area contributed by atoms with Gasteiger partial charge >= 0.3 is 0 Å². The summed E-state index contributed by atoms with van der Waals surface area (Å²) in [6, 6.07) is 7.23. The highest BCUT2D eigenvalue weighted by atomic mass is 16.2. The minimum Gasteiger partial charge on any atom is -0.354 e. The molecule has 2 N–H and O–H groups in total. The van der Waals surface area contributed by atoms with E-state index < -0.39 is 0 Å². The molecular weight excluding hydrogens is 318 g/mol. The maximum absolute atomic E-state index is 12.6. The van der Waals surface area contributed by atoms with Crippen molar-refractivity contribution in [3.05, 3.63) is 46.8 Å². The minimum absolute atomic E-state index is 0.0696. The normalized spacial score (nSPS) is 14.0. The Hall–Kier alpha value is -2.89. The monoisotopic (exact) mass is 339 g/mol. The first-order chi connectivity index (χ1) is 11.9. The number of hydrogen-bond acceptors (Lipinski definition) is 3. The van der Waals surface area contributed by atoms with Crippen LogP contribution >= 0.6 is 0 Å². The van der Waals surface area contributed by atoms with Gasteiger partial charge in [-0.2, -0.15) is 0 Å². The molecular formula is C19H21N3O3. The summed E-state index contributed by atoms with van der Waals surface area (Å²) in [5, 5.41) is 2.84. The van der Waals surface area contributed by atoms with Crippen molar-refractivity contribution in [1.29, 1.82) is 0 Å². The summed E-state index contributed by atoms with van der Waals surface area (Å²) < 4.78 is 0. The number of aromatic amines is 1. The molecule has 0 saturated carbocycles. The number of H-pyrrole nitrogens is 1. The number of carbonyl (C=O) groups is 3. The predicted octanol–water partition coefficient (Wildman–Crippen LogP) is 3.21. The van der Waals surface area contributed by atoms with E-state index in [4.69, 9.17) is 0 Å². The van der Waals surface area contributed by atoms with Gasteiger partial charge in [-0.25, -0.2) is 0 Å². The van der Waals surface area contributed by atoms with Gasteiger partial charge in [0, 0.05) is 35.6 Å². The van der Waals surface area contributed by atoms with E-state index in [0.29, 0.717) is 41.2 Å². The average Bonchev–Trinajstić information content (AvgIpc) is 3.10. The lowest BCUT2D eigenvalue weighted by atomic mass is 10.1. The number of nitrogens with zero attached hydrogens (tertiary/aromatic N) is 1. The van der Waals surface area contributed by atoms with E-state index in [-0.39, 0.29) is 17.6 Å². The fourth-order valence-electron chi connectivity index (χ4n) is 3.37. The van der Waals surface area contributed by atoms with Crippen LogP contribution in [0.1, 0.15) is 51.9 Å². The van der Waals surface area contributed by atoms with Gasteiger partial charge < -0.3 is 15.2 Å². The van der Waals surface area contributed by atoms with E-state index in [1.54, 1.807) is 30.9 Å². The van der Waals surface area contributed by atoms with Gasteiger partial charge in [-0.05, 0) is 51.0 Å². The van der Waals surface area contributed by atoms with Crippen LogP contribution in [0.4, 0.5) is 11.4 Å². The topological polar surface area (TPSA) is 82.3 Å². The van der Waals surface area contributed by atoms with Crippen LogP contribution in [0.25, 0.3) is 0 Å². The number of amides is 2. The van der Waals surface area contributed by atoms with Gasteiger partial charge in [0.05, 0.1) is 0 Å². The van der Waals surface area contributed by atoms with E-state index in [2.05, 4.69) is 10.3 Å². The summed E-state index contributed by atoms with van der Waals surface area (Å²) in [4.78, 5) is 40.9. The lowest BCUT2D eigenvalue weighted by molar-refractivity contribution is -0.117. The fourth-order valence-corrected chi connectivity index (χ4v) is 3.37. The number of benzene rings is 1. The second kappa shape index (κ2) is 6.55. The molecule has 2 heterocycles. The maximum atomic E-state index is 12.6. The summed E-state index contributed by atoms with van der Waals surface area (Å²) in [5.41, 5.74) is 3.66. The molecule has 6 nitrogen and oxygen atoms in total. The Kier molecular flexibility index (Phi) is 4.44. The molecule has 25 heavy (non-hydrogen) atoms. The fraction of sp³-hybridized carbons (Fsp3) is 0.316. The van der Waals surface area contributed by atoms with E-state index in [0.717, 1.165) is 12.1 Å². The number of ketones is 1. The molecule has 0 aliphatic carbocycles. The van der Waals surface area contributed by atoms with E-state index in [1.165, 1.54) is 6.92 Å². The molecule has 6 heteroatoms. The molecule has 0 bridgehead atoms. The van der Waals surface area contributed by atoms with Crippen molar-refractivity contribution in [2.45, 2.75) is 33.6 Å². The van der Waals surface area contributed by atoms with Crippen LogP contribution < -0.4 is 10.2 Å². The molecule has 1 aromatic heterocycles. The Morgan fingerprint density at radius 2 is 2.00 bits per heavy atom. The van der Waals surface area contributed by atoms with E-state index in [9.17, 15) is 14.4 Å². The number of Topliss-reactive ketones (excluding diaryl/α,β-unsaturated/α-hetero) is 1. The van der Waals surface area contributed by atoms with E-state index >= 15 is 0 Å². The zero-order chi connectivity index (χ0) is 18.1. The number of nitrogens with one attached hydrogen (secondary N) is 2. The van der Waals surface area contributed by atoms with Crippen LogP contribution in [0, 0.1) is 13.8 Å². The van der Waals surface area contributed by atoms with Gasteiger partial charge in [-0.1, -0.05) is 6.07 Å². The first-order valence-electron chi connectivity index (χ1n) is 8.30. The molecule has 2 amide bonds. The molecule has 1 fully saturated rings. The largest absolute Gasteiger partial charge is 0.354 e. The molecule has 3 rings (SSSR count). The Balaban J connectivity index is 1.83. The van der Waals surface area contributed by atoms with Crippen molar-refractivity contribution >= 4 is 29.0 Å². The first kappa shape index (κ1) is 17.0. The summed E-state index contributed by atoms with van der Waals surface area (Å²) in [5.74, 6) is -0.275. The van der Waals surface area contributed by atoms with Crippen LogP contribution in [-0.2, 0) is 4.79 Å². The third-order valence-corrected chi connectivity index (χ3v) is 4.51. The Morgan fingerprint density at radius 3 is 2.60 bits per heavy atom. The highest BCUT2D eigenvalue weighted by Crippen LogP contribution is 2.25. The van der Waals surface area contributed by atoms with Gasteiger partial charge in [-0.3, -0.25) is 14.4 Å². The van der Waals surface area contributed by atoms with Crippen molar-refractivity contribution < 1.29 is 14.4 Å². The summed E-state index contributed by atoms with van der Waals surface area (Å²) >= 11 is 0. The SMILES string of the molecule is CC(=O)c1c(C)[nH]c(C(=O)Nc2cccc(N3CCCC3=O)c2)c1C. The molecule has 0 atom stereocenters. The highest BCUT2D eigenvalue weighted by molar-refractivity contribution is 6.08. The Bertz CT molecular complexity index is 867. The molecule has 130 valence electrons. The van der Waals surface area contributed by atoms with Gasteiger partial charge in [0.25, 0.3) is 5.91 Å². The zero-order valence-electron chi connectivity index (χ0n) is 14.6. The molecule has 0 spiro atoms. The lowest BCUT2D eigenvalue weighted by Crippen LogP contribution is -2.23. The van der Waals surface area contributed by atoms with Crippen LogP contribution in [0.2, 0.25) is 0 Å². The number of aryl methyl sites for hydroxylation is 1. The minimum atomic E-state index is -0.307. The number of hydrogen-bond donors (Lipinski definition) is 2. The number of anilines is 2. The van der Waals surface area contributed by atoms with Crippen molar-refractivity contribution in [2.24, 2.45) is 0 Å². The van der Waals surface area contributed by atoms with Crippen molar-refractivity contribution in [3.63, 3.8) is 0 Å². The first-order valence-corrected chi connectivity index (χ1v) is 8.30. The molecule has 2 aromatic rings.